The third-order valence-corrected chi connectivity index (χ3v) is 2.39. The summed E-state index contributed by atoms with van der Waals surface area (Å²) >= 11 is 0. The molecule has 0 radical (unpaired) electrons. The van der Waals surface area contributed by atoms with Gasteiger partial charge in [0, 0.05) is 6.42 Å². The molecule has 0 heterocycles. The van der Waals surface area contributed by atoms with Crippen molar-refractivity contribution in [3.8, 4) is 0 Å². The summed E-state index contributed by atoms with van der Waals surface area (Å²) in [5.74, 6) is -16.5. The van der Waals surface area contributed by atoms with Crippen molar-refractivity contribution in [1.29, 1.82) is 0 Å². The summed E-state index contributed by atoms with van der Waals surface area (Å²) in [6.45, 7) is 1.63. The molecule has 0 spiro atoms. The lowest BCUT2D eigenvalue weighted by atomic mass is 9.90. The highest BCUT2D eigenvalue weighted by atomic mass is 16.8. The van der Waals surface area contributed by atoms with Crippen molar-refractivity contribution in [2.24, 2.45) is 0 Å². The molecule has 9 nitrogen and oxygen atoms in total. The topological polar surface area (TPSA) is 182 Å². The van der Waals surface area contributed by atoms with Gasteiger partial charge in [-0.2, -0.15) is 0 Å². The van der Waals surface area contributed by atoms with E-state index in [1.165, 1.54) is 0 Å². The zero-order valence-corrected chi connectivity index (χ0v) is 9.15. The summed E-state index contributed by atoms with van der Waals surface area (Å²) in [7, 11) is 0. The van der Waals surface area contributed by atoms with Crippen molar-refractivity contribution in [2.45, 2.75) is 49.5 Å². The molecule has 0 fully saturated rings. The first-order chi connectivity index (χ1) is 7.31. The predicted octanol–water partition coefficient (Wildman–Crippen LogP) is -4.15. The Bertz CT molecular complexity index is 252. The average Bonchev–Trinajstić information content (AvgIpc) is 2.12. The molecule has 0 saturated heterocycles. The zero-order valence-electron chi connectivity index (χ0n) is 9.15. The van der Waals surface area contributed by atoms with Crippen LogP contribution in [0.4, 0.5) is 0 Å². The Labute approximate surface area is 96.4 Å². The van der Waals surface area contributed by atoms with Gasteiger partial charge in [0.1, 0.15) is 0 Å². The van der Waals surface area contributed by atoms with Crippen molar-refractivity contribution in [2.75, 3.05) is 0 Å². The molecule has 0 atom stereocenters. The molecule has 104 valence electrons. The largest absolute Gasteiger partial charge is 0.361 e. The maximum atomic E-state index is 9.27. The molecule has 9 heteroatoms. The first kappa shape index (κ1) is 16.6. The maximum absolute atomic E-state index is 9.27. The molecule has 0 amide bonds. The molecule has 0 aromatic heterocycles. The quantitative estimate of drug-likeness (QED) is 0.213. The second kappa shape index (κ2) is 4.72. The van der Waals surface area contributed by atoms with Crippen molar-refractivity contribution < 1.29 is 46.0 Å². The van der Waals surface area contributed by atoms with Gasteiger partial charge in [-0.25, -0.2) is 0 Å². The van der Waals surface area contributed by atoms with Crippen LogP contribution in [-0.2, 0) is 0 Å². The molecular formula is C8H18O9. The van der Waals surface area contributed by atoms with Crippen LogP contribution in [0.25, 0.3) is 0 Å². The lowest BCUT2D eigenvalue weighted by Gasteiger charge is -2.45. The van der Waals surface area contributed by atoms with E-state index in [2.05, 4.69) is 0 Å². The Kier molecular flexibility index (Phi) is 4.62. The lowest BCUT2D eigenvalue weighted by molar-refractivity contribution is -0.544. The van der Waals surface area contributed by atoms with E-state index in [0.29, 0.717) is 6.42 Å². The second-order valence-corrected chi connectivity index (χ2v) is 3.90. The summed E-state index contributed by atoms with van der Waals surface area (Å²) in [6, 6.07) is 0. The smallest absolute Gasteiger partial charge is 0.338 e. The molecule has 0 rings (SSSR count). The molecule has 17 heavy (non-hydrogen) atoms. The highest BCUT2D eigenvalue weighted by molar-refractivity contribution is 4.96. The Balaban J connectivity index is 5.24. The minimum Gasteiger partial charge on any atom is -0.361 e. The van der Waals surface area contributed by atoms with Crippen molar-refractivity contribution in [3.63, 3.8) is 0 Å². The summed E-state index contributed by atoms with van der Waals surface area (Å²) in [6.07, 6.45) is -0.248. The van der Waals surface area contributed by atoms with Gasteiger partial charge in [0.2, 0.25) is 5.79 Å². The van der Waals surface area contributed by atoms with E-state index in [1.54, 1.807) is 6.92 Å². The summed E-state index contributed by atoms with van der Waals surface area (Å²) in [5, 5.41) is 80.6. The normalized spacial score (nSPS) is 15.2. The summed E-state index contributed by atoms with van der Waals surface area (Å²) in [4.78, 5) is 0. The highest BCUT2D eigenvalue weighted by Crippen LogP contribution is 2.35. The third-order valence-electron chi connectivity index (χ3n) is 2.39. The molecule has 0 bridgehead atoms. The number of hydrogen-bond acceptors (Lipinski definition) is 9. The van der Waals surface area contributed by atoms with E-state index in [9.17, 15) is 20.4 Å². The van der Waals surface area contributed by atoms with Gasteiger partial charge in [-0.1, -0.05) is 13.3 Å². The fraction of sp³-hybridized carbons (Fsp3) is 1.00. The van der Waals surface area contributed by atoms with Crippen LogP contribution >= 0.6 is 0 Å². The third kappa shape index (κ3) is 2.91. The van der Waals surface area contributed by atoms with Crippen molar-refractivity contribution in [3.05, 3.63) is 0 Å². The van der Waals surface area contributed by atoms with Gasteiger partial charge in [0.25, 0.3) is 5.79 Å². The van der Waals surface area contributed by atoms with E-state index in [0.717, 1.165) is 0 Å². The molecule has 0 aromatic rings. The SMILES string of the molecule is CCCCC(O)(O)C(O)(O)C(O)(O)C(O)(O)O. The van der Waals surface area contributed by atoms with Gasteiger partial charge in [0.05, 0.1) is 0 Å². The van der Waals surface area contributed by atoms with Gasteiger partial charge in [0.15, 0.2) is 0 Å². The van der Waals surface area contributed by atoms with Crippen LogP contribution in [-0.4, -0.2) is 69.3 Å². The lowest BCUT2D eigenvalue weighted by Crippen LogP contribution is -2.76. The van der Waals surface area contributed by atoms with Gasteiger partial charge in [-0.05, 0) is 6.42 Å². The first-order valence-electron chi connectivity index (χ1n) is 4.82. The number of hydrogen-bond donors (Lipinski definition) is 9. The molecular weight excluding hydrogens is 240 g/mol. The second-order valence-electron chi connectivity index (χ2n) is 3.90. The highest BCUT2D eigenvalue weighted by Gasteiger charge is 2.69. The Morgan fingerprint density at radius 3 is 1.41 bits per heavy atom. The van der Waals surface area contributed by atoms with E-state index < -0.39 is 29.8 Å². The van der Waals surface area contributed by atoms with E-state index in [-0.39, 0.29) is 6.42 Å². The molecule has 0 aliphatic carbocycles. The molecule has 0 aromatic carbocycles. The monoisotopic (exact) mass is 258 g/mol. The van der Waals surface area contributed by atoms with Crippen molar-refractivity contribution >= 4 is 0 Å². The number of unbranched alkanes of at least 4 members (excludes halogenated alkanes) is 1. The predicted molar refractivity (Wildman–Crippen MR) is 50.4 cm³/mol. The minimum absolute atomic E-state index is 0.0568. The van der Waals surface area contributed by atoms with Gasteiger partial charge in [-0.3, -0.25) is 0 Å². The Hall–Kier alpha value is -0.360. The summed E-state index contributed by atoms with van der Waals surface area (Å²) < 4.78 is 0. The van der Waals surface area contributed by atoms with Crippen LogP contribution in [0.5, 0.6) is 0 Å². The van der Waals surface area contributed by atoms with E-state index in [4.69, 9.17) is 25.5 Å². The first-order valence-corrected chi connectivity index (χ1v) is 4.82. The van der Waals surface area contributed by atoms with Crippen LogP contribution in [0, 0.1) is 0 Å². The number of rotatable bonds is 6. The van der Waals surface area contributed by atoms with Crippen LogP contribution in [0.1, 0.15) is 26.2 Å². The molecule has 0 unspecified atom stereocenters. The van der Waals surface area contributed by atoms with Crippen molar-refractivity contribution in [1.82, 2.24) is 0 Å². The van der Waals surface area contributed by atoms with E-state index in [1.807, 2.05) is 0 Å². The fourth-order valence-corrected chi connectivity index (χ4v) is 1.11. The van der Waals surface area contributed by atoms with Gasteiger partial charge in [-0.15, -0.1) is 0 Å². The maximum Gasteiger partial charge on any atom is 0.338 e. The number of aliphatic hydroxyl groups is 9. The molecule has 9 N–H and O–H groups in total. The van der Waals surface area contributed by atoms with E-state index >= 15 is 0 Å². The van der Waals surface area contributed by atoms with Gasteiger partial charge >= 0.3 is 11.8 Å². The van der Waals surface area contributed by atoms with Crippen LogP contribution in [0.2, 0.25) is 0 Å². The standard InChI is InChI=1S/C8H18O9/c1-2-3-4-5(9,10)6(11,12)7(13,14)8(15,16)17/h9-17H,2-4H2,1H3. The van der Waals surface area contributed by atoms with Gasteiger partial charge < -0.3 is 46.0 Å². The summed E-state index contributed by atoms with van der Waals surface area (Å²) in [5.41, 5.74) is 0. The van der Waals surface area contributed by atoms with Crippen LogP contribution < -0.4 is 0 Å². The molecule has 0 aliphatic rings. The average molecular weight is 258 g/mol. The minimum atomic E-state index is -4.41. The Morgan fingerprint density at radius 1 is 0.706 bits per heavy atom. The Morgan fingerprint density at radius 2 is 1.12 bits per heavy atom. The van der Waals surface area contributed by atoms with Crippen LogP contribution in [0.15, 0.2) is 0 Å². The molecule has 0 saturated carbocycles. The van der Waals surface area contributed by atoms with Crippen LogP contribution in [0.3, 0.4) is 0 Å². The molecule has 0 aliphatic heterocycles. The fourth-order valence-electron chi connectivity index (χ4n) is 1.11. The zero-order chi connectivity index (χ0) is 14.1.